The van der Waals surface area contributed by atoms with Gasteiger partial charge < -0.3 is 14.6 Å². The fourth-order valence-corrected chi connectivity index (χ4v) is 1.76. The fourth-order valence-electron chi connectivity index (χ4n) is 1.76. The lowest BCUT2D eigenvalue weighted by molar-refractivity contribution is -0.141. The van der Waals surface area contributed by atoms with Crippen LogP contribution in [0.25, 0.3) is 0 Å². The number of rotatable bonds is 6. The van der Waals surface area contributed by atoms with Gasteiger partial charge in [-0.05, 0) is 24.1 Å². The summed E-state index contributed by atoms with van der Waals surface area (Å²) < 4.78 is 35.7. The van der Waals surface area contributed by atoms with Crippen molar-refractivity contribution in [1.29, 1.82) is 0 Å². The molecule has 1 unspecified atom stereocenters. The monoisotopic (exact) mass is 274 g/mol. The standard InChI is InChI=1S/C13H16F2O4/c1-7(13(16)17)4-8-5-9(12(14)15)6-10(18-2)11(8)19-3/h5-7,12H,4H2,1-3H3,(H,16,17). The predicted octanol–water partition coefficient (Wildman–Crippen LogP) is 2.90. The first-order valence-electron chi connectivity index (χ1n) is 5.66. The molecule has 0 saturated heterocycles. The summed E-state index contributed by atoms with van der Waals surface area (Å²) in [5, 5.41) is 8.89. The van der Waals surface area contributed by atoms with Gasteiger partial charge in [-0.1, -0.05) is 6.92 Å². The van der Waals surface area contributed by atoms with Crippen LogP contribution in [-0.2, 0) is 11.2 Å². The molecule has 6 heteroatoms. The molecule has 0 aromatic heterocycles. The topological polar surface area (TPSA) is 55.8 Å². The summed E-state index contributed by atoms with van der Waals surface area (Å²) in [7, 11) is 2.73. The van der Waals surface area contributed by atoms with Gasteiger partial charge in [0, 0.05) is 5.56 Å². The van der Waals surface area contributed by atoms with E-state index in [9.17, 15) is 13.6 Å². The molecule has 1 aromatic carbocycles. The van der Waals surface area contributed by atoms with Crippen LogP contribution in [0.1, 0.15) is 24.5 Å². The zero-order chi connectivity index (χ0) is 14.6. The van der Waals surface area contributed by atoms with Gasteiger partial charge in [0.1, 0.15) is 0 Å². The van der Waals surface area contributed by atoms with Gasteiger partial charge in [0.15, 0.2) is 11.5 Å². The van der Waals surface area contributed by atoms with Crippen LogP contribution in [0.5, 0.6) is 11.5 Å². The minimum absolute atomic E-state index is 0.0927. The molecule has 0 fully saturated rings. The maximum absolute atomic E-state index is 12.8. The van der Waals surface area contributed by atoms with Crippen molar-refractivity contribution in [2.45, 2.75) is 19.8 Å². The van der Waals surface area contributed by atoms with Crippen molar-refractivity contribution < 1.29 is 28.2 Å². The zero-order valence-corrected chi connectivity index (χ0v) is 10.9. The van der Waals surface area contributed by atoms with Gasteiger partial charge in [-0.2, -0.15) is 0 Å². The van der Waals surface area contributed by atoms with E-state index in [1.807, 2.05) is 0 Å². The molecule has 0 aliphatic carbocycles. The maximum atomic E-state index is 12.8. The average molecular weight is 274 g/mol. The Morgan fingerprint density at radius 2 is 1.95 bits per heavy atom. The largest absolute Gasteiger partial charge is 0.493 e. The van der Waals surface area contributed by atoms with Gasteiger partial charge in [0.05, 0.1) is 20.1 Å². The maximum Gasteiger partial charge on any atom is 0.306 e. The Morgan fingerprint density at radius 1 is 1.32 bits per heavy atom. The van der Waals surface area contributed by atoms with Crippen molar-refractivity contribution >= 4 is 5.97 Å². The Kier molecular flexibility index (Phi) is 5.09. The number of benzene rings is 1. The highest BCUT2D eigenvalue weighted by atomic mass is 19.3. The van der Waals surface area contributed by atoms with Crippen molar-refractivity contribution in [3.8, 4) is 11.5 Å². The number of alkyl halides is 2. The van der Waals surface area contributed by atoms with Crippen molar-refractivity contribution in [2.75, 3.05) is 14.2 Å². The van der Waals surface area contributed by atoms with Crippen LogP contribution >= 0.6 is 0 Å². The Balaban J connectivity index is 3.25. The second-order valence-electron chi connectivity index (χ2n) is 4.16. The highest BCUT2D eigenvalue weighted by molar-refractivity contribution is 5.70. The van der Waals surface area contributed by atoms with Gasteiger partial charge in [-0.15, -0.1) is 0 Å². The number of carbonyl (C=O) groups is 1. The second-order valence-corrected chi connectivity index (χ2v) is 4.16. The SMILES string of the molecule is COc1cc(C(F)F)cc(CC(C)C(=O)O)c1OC. The molecule has 0 radical (unpaired) electrons. The van der Waals surface area contributed by atoms with E-state index in [1.54, 1.807) is 0 Å². The molecule has 106 valence electrons. The third-order valence-electron chi connectivity index (χ3n) is 2.78. The minimum atomic E-state index is -2.65. The van der Waals surface area contributed by atoms with Crippen LogP contribution in [0.15, 0.2) is 12.1 Å². The Hall–Kier alpha value is -1.85. The van der Waals surface area contributed by atoms with Gasteiger partial charge in [-0.25, -0.2) is 8.78 Å². The summed E-state index contributed by atoms with van der Waals surface area (Å²) in [6, 6.07) is 2.45. The number of carboxylic acid groups (broad SMARTS) is 1. The van der Waals surface area contributed by atoms with Gasteiger partial charge in [0.25, 0.3) is 6.43 Å². The highest BCUT2D eigenvalue weighted by Gasteiger charge is 2.20. The second kappa shape index (κ2) is 6.36. The number of carboxylic acids is 1. The average Bonchev–Trinajstić information content (AvgIpc) is 2.37. The summed E-state index contributed by atoms with van der Waals surface area (Å²) >= 11 is 0. The van der Waals surface area contributed by atoms with Crippen LogP contribution < -0.4 is 9.47 Å². The van der Waals surface area contributed by atoms with Crippen LogP contribution in [-0.4, -0.2) is 25.3 Å². The summed E-state index contributed by atoms with van der Waals surface area (Å²) in [6.07, 6.45) is -2.56. The van der Waals surface area contributed by atoms with Crippen LogP contribution in [0.4, 0.5) is 8.78 Å². The summed E-state index contributed by atoms with van der Waals surface area (Å²) in [5.74, 6) is -1.23. The molecule has 0 heterocycles. The van der Waals surface area contributed by atoms with E-state index in [1.165, 1.54) is 33.3 Å². The number of halogens is 2. The van der Waals surface area contributed by atoms with Crippen molar-refractivity contribution in [3.05, 3.63) is 23.3 Å². The third-order valence-corrected chi connectivity index (χ3v) is 2.78. The molecule has 0 saturated carbocycles. The lowest BCUT2D eigenvalue weighted by Gasteiger charge is -2.16. The van der Waals surface area contributed by atoms with Crippen molar-refractivity contribution in [3.63, 3.8) is 0 Å². The molecule has 1 N–H and O–H groups in total. The van der Waals surface area contributed by atoms with Gasteiger partial charge in [-0.3, -0.25) is 4.79 Å². The van der Waals surface area contributed by atoms with Gasteiger partial charge >= 0.3 is 5.97 Å². The van der Waals surface area contributed by atoms with E-state index in [0.717, 1.165) is 0 Å². The first-order chi connectivity index (χ1) is 8.90. The van der Waals surface area contributed by atoms with Crippen LogP contribution in [0.2, 0.25) is 0 Å². The molecule has 0 aliphatic rings. The molecule has 1 aromatic rings. The predicted molar refractivity (Wildman–Crippen MR) is 65.0 cm³/mol. The number of hydrogen-bond acceptors (Lipinski definition) is 3. The molecule has 1 rings (SSSR count). The Labute approximate surface area is 109 Å². The Morgan fingerprint density at radius 3 is 2.37 bits per heavy atom. The molecule has 0 amide bonds. The summed E-state index contributed by atoms with van der Waals surface area (Å²) in [6.45, 7) is 1.50. The molecule has 19 heavy (non-hydrogen) atoms. The summed E-state index contributed by atoms with van der Waals surface area (Å²) in [5.41, 5.74) is 0.178. The van der Waals surface area contributed by atoms with E-state index >= 15 is 0 Å². The van der Waals surface area contributed by atoms with E-state index in [-0.39, 0.29) is 17.7 Å². The molecule has 0 bridgehead atoms. The Bertz CT molecular complexity index is 460. The highest BCUT2D eigenvalue weighted by Crippen LogP contribution is 2.36. The lowest BCUT2D eigenvalue weighted by Crippen LogP contribution is -2.13. The van der Waals surface area contributed by atoms with Crippen LogP contribution in [0, 0.1) is 5.92 Å². The van der Waals surface area contributed by atoms with Crippen molar-refractivity contribution in [1.82, 2.24) is 0 Å². The van der Waals surface area contributed by atoms with E-state index < -0.39 is 18.3 Å². The molecule has 1 atom stereocenters. The molecule has 4 nitrogen and oxygen atoms in total. The first kappa shape index (κ1) is 15.2. The minimum Gasteiger partial charge on any atom is -0.493 e. The van der Waals surface area contributed by atoms with Crippen LogP contribution in [0.3, 0.4) is 0 Å². The zero-order valence-electron chi connectivity index (χ0n) is 10.9. The first-order valence-corrected chi connectivity index (χ1v) is 5.66. The third kappa shape index (κ3) is 3.56. The molecular weight excluding hydrogens is 258 g/mol. The fraction of sp³-hybridized carbons (Fsp3) is 0.462. The summed E-state index contributed by atoms with van der Waals surface area (Å²) in [4.78, 5) is 10.9. The number of aliphatic carboxylic acids is 1. The normalized spacial score (nSPS) is 12.3. The quantitative estimate of drug-likeness (QED) is 0.866. The molecule has 0 spiro atoms. The number of methoxy groups -OCH3 is 2. The van der Waals surface area contributed by atoms with Crippen molar-refractivity contribution in [2.24, 2.45) is 5.92 Å². The van der Waals surface area contributed by atoms with Gasteiger partial charge in [0.2, 0.25) is 0 Å². The smallest absolute Gasteiger partial charge is 0.306 e. The number of hydrogen-bond donors (Lipinski definition) is 1. The molecule has 0 aliphatic heterocycles. The van der Waals surface area contributed by atoms with E-state index in [4.69, 9.17) is 14.6 Å². The lowest BCUT2D eigenvalue weighted by atomic mass is 9.98. The number of ether oxygens (including phenoxy) is 2. The van der Waals surface area contributed by atoms with E-state index in [0.29, 0.717) is 11.3 Å². The molecular formula is C13H16F2O4. The van der Waals surface area contributed by atoms with E-state index in [2.05, 4.69) is 0 Å².